The highest BCUT2D eigenvalue weighted by atomic mass is 16.3. The van der Waals surface area contributed by atoms with E-state index in [1.54, 1.807) is 6.26 Å². The molecule has 0 spiro atoms. The van der Waals surface area contributed by atoms with Gasteiger partial charge in [-0.2, -0.15) is 0 Å². The summed E-state index contributed by atoms with van der Waals surface area (Å²) in [5.41, 5.74) is 1.03. The number of anilines is 1. The molecule has 1 amide bonds. The van der Waals surface area contributed by atoms with Crippen LogP contribution in [0.5, 0.6) is 0 Å². The van der Waals surface area contributed by atoms with E-state index >= 15 is 0 Å². The van der Waals surface area contributed by atoms with Crippen LogP contribution < -0.4 is 4.90 Å². The molecule has 1 aromatic heterocycles. The van der Waals surface area contributed by atoms with E-state index in [-0.39, 0.29) is 5.91 Å². The lowest BCUT2D eigenvalue weighted by atomic mass is 9.95. The van der Waals surface area contributed by atoms with Gasteiger partial charge in [0.1, 0.15) is 5.76 Å². The van der Waals surface area contributed by atoms with E-state index in [0.717, 1.165) is 37.4 Å². The third-order valence-corrected chi connectivity index (χ3v) is 4.85. The minimum Gasteiger partial charge on any atom is -0.468 e. The summed E-state index contributed by atoms with van der Waals surface area (Å²) in [6.45, 7) is 1.86. The Balaban J connectivity index is 1.57. The molecule has 0 aliphatic carbocycles. The molecule has 2 fully saturated rings. The summed E-state index contributed by atoms with van der Waals surface area (Å²) in [5, 5.41) is 0. The minimum atomic E-state index is 0.257. The summed E-state index contributed by atoms with van der Waals surface area (Å²) in [7, 11) is 0. The first-order valence-electron chi connectivity index (χ1n) is 7.96. The fourth-order valence-electron chi connectivity index (χ4n) is 3.88. The van der Waals surface area contributed by atoms with Crippen LogP contribution in [0.25, 0.3) is 0 Å². The van der Waals surface area contributed by atoms with Crippen LogP contribution in [0.15, 0.2) is 53.1 Å². The number of para-hydroxylation sites is 1. The van der Waals surface area contributed by atoms with Crippen molar-refractivity contribution >= 4 is 11.6 Å². The van der Waals surface area contributed by atoms with E-state index in [1.807, 2.05) is 47.4 Å². The van der Waals surface area contributed by atoms with E-state index in [9.17, 15) is 4.79 Å². The second-order valence-corrected chi connectivity index (χ2v) is 6.11. The molecule has 0 radical (unpaired) electrons. The van der Waals surface area contributed by atoms with Gasteiger partial charge in [0.25, 0.3) is 0 Å². The van der Waals surface area contributed by atoms with Gasteiger partial charge in [-0.15, -0.1) is 0 Å². The van der Waals surface area contributed by atoms with E-state index < -0.39 is 0 Å². The third kappa shape index (κ3) is 2.33. The number of hydrogen-bond acceptors (Lipinski definition) is 3. The van der Waals surface area contributed by atoms with Crippen molar-refractivity contribution in [2.45, 2.75) is 37.9 Å². The van der Waals surface area contributed by atoms with Crippen LogP contribution in [0.3, 0.4) is 0 Å². The average Bonchev–Trinajstić information content (AvgIpc) is 3.19. The summed E-state index contributed by atoms with van der Waals surface area (Å²) in [4.78, 5) is 16.9. The van der Waals surface area contributed by atoms with E-state index in [2.05, 4.69) is 4.90 Å². The van der Waals surface area contributed by atoms with Gasteiger partial charge in [-0.05, 0) is 37.1 Å². The first kappa shape index (κ1) is 13.6. The molecule has 4 nitrogen and oxygen atoms in total. The number of carbonyl (C=O) groups is 1. The van der Waals surface area contributed by atoms with Gasteiger partial charge in [0.15, 0.2) is 0 Å². The van der Waals surface area contributed by atoms with Crippen molar-refractivity contribution in [1.82, 2.24) is 4.90 Å². The van der Waals surface area contributed by atoms with Gasteiger partial charge in [0.2, 0.25) is 5.91 Å². The predicted molar refractivity (Wildman–Crippen MR) is 84.5 cm³/mol. The monoisotopic (exact) mass is 296 g/mol. The predicted octanol–water partition coefficient (Wildman–Crippen LogP) is 3.05. The van der Waals surface area contributed by atoms with Crippen molar-refractivity contribution < 1.29 is 9.21 Å². The third-order valence-electron chi connectivity index (χ3n) is 4.85. The summed E-state index contributed by atoms with van der Waals surface area (Å²) < 4.78 is 5.49. The van der Waals surface area contributed by atoms with E-state index in [1.165, 1.54) is 0 Å². The number of piperidine rings is 1. The zero-order valence-corrected chi connectivity index (χ0v) is 12.5. The van der Waals surface area contributed by atoms with Gasteiger partial charge in [-0.1, -0.05) is 18.2 Å². The van der Waals surface area contributed by atoms with Crippen molar-refractivity contribution in [3.63, 3.8) is 0 Å². The van der Waals surface area contributed by atoms with Crippen LogP contribution in [0.4, 0.5) is 5.69 Å². The number of furan rings is 1. The molecule has 2 aliphatic rings. The van der Waals surface area contributed by atoms with Gasteiger partial charge in [-0.3, -0.25) is 9.69 Å². The highest BCUT2D eigenvalue weighted by Gasteiger charge is 2.43. The maximum absolute atomic E-state index is 12.4. The molecule has 0 saturated carbocycles. The number of fused-ring (bicyclic) bond motifs is 1. The second kappa shape index (κ2) is 5.61. The zero-order chi connectivity index (χ0) is 14.9. The quantitative estimate of drug-likeness (QED) is 0.873. The Kier molecular flexibility index (Phi) is 3.47. The normalized spacial score (nSPS) is 25.5. The van der Waals surface area contributed by atoms with Crippen molar-refractivity contribution in [3.05, 3.63) is 54.5 Å². The second-order valence-electron chi connectivity index (χ2n) is 6.11. The molecule has 22 heavy (non-hydrogen) atoms. The number of rotatable bonds is 3. The lowest BCUT2D eigenvalue weighted by Gasteiger charge is -2.39. The Bertz CT molecular complexity index is 638. The van der Waals surface area contributed by atoms with Crippen LogP contribution in [0.2, 0.25) is 0 Å². The Morgan fingerprint density at radius 3 is 2.68 bits per heavy atom. The number of hydrogen-bond donors (Lipinski definition) is 0. The van der Waals surface area contributed by atoms with Crippen molar-refractivity contribution in [1.29, 1.82) is 0 Å². The number of carbonyl (C=O) groups excluding carboxylic acids is 1. The molecule has 1 aromatic carbocycles. The van der Waals surface area contributed by atoms with E-state index in [0.29, 0.717) is 18.5 Å². The molecule has 2 atom stereocenters. The Hall–Kier alpha value is -2.07. The molecular formula is C18H20N2O2. The SMILES string of the molecule is O=C1CC[C@@H]2[C@@H](CCN2Cc2ccco2)N1c1ccccc1. The van der Waals surface area contributed by atoms with Gasteiger partial charge in [0, 0.05) is 24.7 Å². The van der Waals surface area contributed by atoms with Crippen LogP contribution in [-0.2, 0) is 11.3 Å². The topological polar surface area (TPSA) is 36.7 Å². The van der Waals surface area contributed by atoms with Gasteiger partial charge in [-0.25, -0.2) is 0 Å². The van der Waals surface area contributed by atoms with Crippen molar-refractivity contribution in [2.24, 2.45) is 0 Å². The molecule has 0 bridgehead atoms. The Labute approximate surface area is 130 Å². The number of amides is 1. The molecule has 3 heterocycles. The lowest BCUT2D eigenvalue weighted by molar-refractivity contribution is -0.120. The largest absolute Gasteiger partial charge is 0.468 e. The van der Waals surface area contributed by atoms with Crippen LogP contribution in [0.1, 0.15) is 25.0 Å². The standard InChI is InChI=1S/C18H20N2O2/c21-18-9-8-16-17(20(18)14-5-2-1-3-6-14)10-11-19(16)13-15-7-4-12-22-15/h1-7,12,16-17H,8-11,13H2/t16-,17-/m1/s1. The molecule has 0 unspecified atom stereocenters. The van der Waals surface area contributed by atoms with Crippen LogP contribution >= 0.6 is 0 Å². The Morgan fingerprint density at radius 2 is 1.91 bits per heavy atom. The summed E-state index contributed by atoms with van der Waals surface area (Å²) in [6, 6.07) is 14.8. The van der Waals surface area contributed by atoms with Crippen LogP contribution in [0, 0.1) is 0 Å². The molecule has 4 rings (SSSR count). The molecule has 2 aromatic rings. The summed E-state index contributed by atoms with van der Waals surface area (Å²) in [5.74, 6) is 1.26. The maximum Gasteiger partial charge on any atom is 0.227 e. The smallest absolute Gasteiger partial charge is 0.227 e. The van der Waals surface area contributed by atoms with Crippen LogP contribution in [-0.4, -0.2) is 29.4 Å². The van der Waals surface area contributed by atoms with Crippen molar-refractivity contribution in [3.8, 4) is 0 Å². The van der Waals surface area contributed by atoms with Crippen molar-refractivity contribution in [2.75, 3.05) is 11.4 Å². The molecule has 4 heteroatoms. The number of nitrogens with zero attached hydrogens (tertiary/aromatic N) is 2. The molecule has 0 N–H and O–H groups in total. The first-order valence-corrected chi connectivity index (χ1v) is 7.96. The molecular weight excluding hydrogens is 276 g/mol. The van der Waals surface area contributed by atoms with Gasteiger partial charge >= 0.3 is 0 Å². The highest BCUT2D eigenvalue weighted by molar-refractivity contribution is 5.95. The van der Waals surface area contributed by atoms with Gasteiger partial charge < -0.3 is 9.32 Å². The number of likely N-dealkylation sites (tertiary alicyclic amines) is 1. The van der Waals surface area contributed by atoms with E-state index in [4.69, 9.17) is 4.42 Å². The Morgan fingerprint density at radius 1 is 1.05 bits per heavy atom. The zero-order valence-electron chi connectivity index (χ0n) is 12.5. The minimum absolute atomic E-state index is 0.257. The maximum atomic E-state index is 12.4. The summed E-state index contributed by atoms with van der Waals surface area (Å²) >= 11 is 0. The fraction of sp³-hybridized carbons (Fsp3) is 0.389. The average molecular weight is 296 g/mol. The number of benzene rings is 1. The molecule has 114 valence electrons. The fourth-order valence-corrected chi connectivity index (χ4v) is 3.88. The molecule has 2 aliphatic heterocycles. The summed E-state index contributed by atoms with van der Waals surface area (Å²) in [6.07, 6.45) is 4.34. The highest BCUT2D eigenvalue weighted by Crippen LogP contribution is 2.35. The van der Waals surface area contributed by atoms with Gasteiger partial charge in [0.05, 0.1) is 18.8 Å². The molecule has 2 saturated heterocycles. The first-order chi connectivity index (χ1) is 10.8. The lowest BCUT2D eigenvalue weighted by Crippen LogP contribution is -2.52.